The highest BCUT2D eigenvalue weighted by Crippen LogP contribution is 2.30. The van der Waals surface area contributed by atoms with Gasteiger partial charge in [0.15, 0.2) is 0 Å². The molecule has 0 aliphatic carbocycles. The average Bonchev–Trinajstić information content (AvgIpc) is 2.88. The van der Waals surface area contributed by atoms with E-state index in [0.29, 0.717) is 16.6 Å². The molecule has 0 saturated carbocycles. The summed E-state index contributed by atoms with van der Waals surface area (Å²) in [5, 5.41) is 4.58. The topological polar surface area (TPSA) is 52.0 Å². The summed E-state index contributed by atoms with van der Waals surface area (Å²) in [7, 11) is 1.42. The predicted molar refractivity (Wildman–Crippen MR) is 79.1 cm³/mol. The lowest BCUT2D eigenvalue weighted by molar-refractivity contribution is -0.137. The Morgan fingerprint density at radius 2 is 1.70 bits per heavy atom. The van der Waals surface area contributed by atoms with Gasteiger partial charge in [0, 0.05) is 16.1 Å². The summed E-state index contributed by atoms with van der Waals surface area (Å²) in [6, 6.07) is 8.66. The quantitative estimate of drug-likeness (QED) is 0.650. The van der Waals surface area contributed by atoms with Crippen LogP contribution in [0.5, 0.6) is 0 Å². The standard InChI is InChI=1S/C14H8ClF3N2O2S/c15-23(21,22)12-5-6-13-9(7-12)8-19-20(13)11-3-1-10(2-4-11)14(16,17)18/h1-8H. The van der Waals surface area contributed by atoms with Crippen LogP contribution in [-0.4, -0.2) is 18.2 Å². The first-order valence-electron chi connectivity index (χ1n) is 6.26. The maximum Gasteiger partial charge on any atom is 0.416 e. The van der Waals surface area contributed by atoms with Gasteiger partial charge in [-0.25, -0.2) is 13.1 Å². The summed E-state index contributed by atoms with van der Waals surface area (Å²) < 4.78 is 61.8. The first-order chi connectivity index (χ1) is 10.7. The molecule has 0 radical (unpaired) electrons. The largest absolute Gasteiger partial charge is 0.416 e. The second-order valence-corrected chi connectivity index (χ2v) is 7.33. The van der Waals surface area contributed by atoms with Gasteiger partial charge in [-0.05, 0) is 42.5 Å². The lowest BCUT2D eigenvalue weighted by Gasteiger charge is -2.08. The maximum absolute atomic E-state index is 12.6. The second-order valence-electron chi connectivity index (χ2n) is 4.76. The Kier molecular flexibility index (Phi) is 3.61. The highest BCUT2D eigenvalue weighted by atomic mass is 35.7. The van der Waals surface area contributed by atoms with E-state index in [2.05, 4.69) is 5.10 Å². The van der Waals surface area contributed by atoms with Gasteiger partial charge in [0.1, 0.15) is 0 Å². The third kappa shape index (κ3) is 3.04. The molecule has 1 heterocycles. The number of hydrogen-bond donors (Lipinski definition) is 0. The molecule has 120 valence electrons. The molecule has 0 saturated heterocycles. The van der Waals surface area contributed by atoms with Gasteiger partial charge in [-0.3, -0.25) is 0 Å². The van der Waals surface area contributed by atoms with Crippen LogP contribution in [0.4, 0.5) is 13.2 Å². The minimum atomic E-state index is -4.41. The van der Waals surface area contributed by atoms with Gasteiger partial charge < -0.3 is 0 Å². The zero-order valence-electron chi connectivity index (χ0n) is 11.2. The highest BCUT2D eigenvalue weighted by Gasteiger charge is 2.30. The fourth-order valence-electron chi connectivity index (χ4n) is 2.16. The van der Waals surface area contributed by atoms with Crippen LogP contribution in [0.2, 0.25) is 0 Å². The first-order valence-corrected chi connectivity index (χ1v) is 8.57. The van der Waals surface area contributed by atoms with Crippen LogP contribution in [0, 0.1) is 0 Å². The summed E-state index contributed by atoms with van der Waals surface area (Å²) in [6.07, 6.45) is -2.99. The third-order valence-corrected chi connectivity index (χ3v) is 4.61. The van der Waals surface area contributed by atoms with E-state index in [0.717, 1.165) is 12.1 Å². The minimum absolute atomic E-state index is 0.0707. The van der Waals surface area contributed by atoms with Gasteiger partial charge in [-0.15, -0.1) is 0 Å². The van der Waals surface area contributed by atoms with E-state index >= 15 is 0 Å². The molecule has 0 fully saturated rings. The number of hydrogen-bond acceptors (Lipinski definition) is 3. The fraction of sp³-hybridized carbons (Fsp3) is 0.0714. The molecule has 0 atom stereocenters. The summed E-state index contributed by atoms with van der Waals surface area (Å²) in [6.45, 7) is 0. The molecule has 0 unspecified atom stereocenters. The van der Waals surface area contributed by atoms with Crippen molar-refractivity contribution in [3.63, 3.8) is 0 Å². The van der Waals surface area contributed by atoms with Crippen molar-refractivity contribution in [3.8, 4) is 5.69 Å². The Hall–Kier alpha value is -2.06. The Balaban J connectivity index is 2.07. The summed E-state index contributed by atoms with van der Waals surface area (Å²) in [5.74, 6) is 0. The minimum Gasteiger partial charge on any atom is -0.233 e. The number of halogens is 4. The molecule has 23 heavy (non-hydrogen) atoms. The van der Waals surface area contributed by atoms with Crippen LogP contribution >= 0.6 is 10.7 Å². The lowest BCUT2D eigenvalue weighted by Crippen LogP contribution is -2.05. The van der Waals surface area contributed by atoms with Crippen LogP contribution < -0.4 is 0 Å². The van der Waals surface area contributed by atoms with Crippen molar-refractivity contribution in [3.05, 3.63) is 54.2 Å². The van der Waals surface area contributed by atoms with Gasteiger partial charge in [-0.2, -0.15) is 18.3 Å². The van der Waals surface area contributed by atoms with E-state index in [1.165, 1.54) is 41.2 Å². The number of benzene rings is 2. The predicted octanol–water partition coefficient (Wildman–Crippen LogP) is 3.97. The van der Waals surface area contributed by atoms with Crippen LogP contribution in [0.25, 0.3) is 16.6 Å². The molecule has 0 spiro atoms. The normalized spacial score (nSPS) is 12.7. The van der Waals surface area contributed by atoms with E-state index in [1.807, 2.05) is 0 Å². The number of fused-ring (bicyclic) bond motifs is 1. The van der Waals surface area contributed by atoms with Crippen molar-refractivity contribution in [1.29, 1.82) is 0 Å². The molecule has 2 aromatic carbocycles. The number of rotatable bonds is 2. The van der Waals surface area contributed by atoms with E-state index in [9.17, 15) is 21.6 Å². The lowest BCUT2D eigenvalue weighted by atomic mass is 10.2. The van der Waals surface area contributed by atoms with Gasteiger partial charge in [-0.1, -0.05) is 0 Å². The van der Waals surface area contributed by atoms with Gasteiger partial charge >= 0.3 is 6.18 Å². The first kappa shape index (κ1) is 15.8. The molecule has 9 heteroatoms. The molecule has 3 aromatic rings. The van der Waals surface area contributed by atoms with Gasteiger partial charge in [0.2, 0.25) is 0 Å². The van der Waals surface area contributed by atoms with E-state index in [-0.39, 0.29) is 4.90 Å². The van der Waals surface area contributed by atoms with Crippen LogP contribution in [-0.2, 0) is 15.2 Å². The van der Waals surface area contributed by atoms with Crippen molar-refractivity contribution in [2.45, 2.75) is 11.1 Å². The fourth-order valence-corrected chi connectivity index (χ4v) is 2.95. The van der Waals surface area contributed by atoms with Crippen LogP contribution in [0.1, 0.15) is 5.56 Å². The summed E-state index contributed by atoms with van der Waals surface area (Å²) in [5.41, 5.74) is 0.219. The third-order valence-electron chi connectivity index (χ3n) is 3.26. The molecule has 4 nitrogen and oxygen atoms in total. The van der Waals surface area contributed by atoms with E-state index in [1.54, 1.807) is 0 Å². The summed E-state index contributed by atoms with van der Waals surface area (Å²) >= 11 is 0. The monoisotopic (exact) mass is 360 g/mol. The van der Waals surface area contributed by atoms with Gasteiger partial charge in [0.25, 0.3) is 9.05 Å². The SMILES string of the molecule is O=S(=O)(Cl)c1ccc2c(cnn2-c2ccc(C(F)(F)F)cc2)c1. The Bertz CT molecular complexity index is 979. The number of nitrogens with zero attached hydrogens (tertiary/aromatic N) is 2. The molecule has 1 aromatic heterocycles. The Morgan fingerprint density at radius 1 is 1.04 bits per heavy atom. The molecule has 0 aliphatic heterocycles. The zero-order chi connectivity index (χ0) is 16.8. The van der Waals surface area contributed by atoms with Crippen LogP contribution in [0.15, 0.2) is 53.6 Å². The maximum atomic E-state index is 12.6. The Morgan fingerprint density at radius 3 is 2.26 bits per heavy atom. The van der Waals surface area contributed by atoms with Crippen molar-refractivity contribution in [2.24, 2.45) is 0 Å². The Labute approximate surface area is 133 Å². The number of alkyl halides is 3. The van der Waals surface area contributed by atoms with Crippen molar-refractivity contribution in [1.82, 2.24) is 9.78 Å². The van der Waals surface area contributed by atoms with Crippen molar-refractivity contribution < 1.29 is 21.6 Å². The van der Waals surface area contributed by atoms with Crippen molar-refractivity contribution >= 4 is 30.6 Å². The molecular formula is C14H8ClF3N2O2S. The van der Waals surface area contributed by atoms with E-state index in [4.69, 9.17) is 10.7 Å². The van der Waals surface area contributed by atoms with Crippen molar-refractivity contribution in [2.75, 3.05) is 0 Å². The second kappa shape index (κ2) is 5.24. The highest BCUT2D eigenvalue weighted by molar-refractivity contribution is 8.13. The average molecular weight is 361 g/mol. The van der Waals surface area contributed by atoms with E-state index < -0.39 is 20.8 Å². The molecule has 0 N–H and O–H groups in total. The van der Waals surface area contributed by atoms with Crippen LogP contribution in [0.3, 0.4) is 0 Å². The number of aromatic nitrogens is 2. The molecule has 0 bridgehead atoms. The molecular weight excluding hydrogens is 353 g/mol. The molecule has 0 aliphatic rings. The smallest absolute Gasteiger partial charge is 0.233 e. The molecule has 0 amide bonds. The van der Waals surface area contributed by atoms with Gasteiger partial charge in [0.05, 0.1) is 27.9 Å². The summed E-state index contributed by atoms with van der Waals surface area (Å²) in [4.78, 5) is -0.0707. The zero-order valence-corrected chi connectivity index (χ0v) is 12.8. The molecule has 3 rings (SSSR count).